The van der Waals surface area contributed by atoms with Crippen LogP contribution in [0.5, 0.6) is 0 Å². The van der Waals surface area contributed by atoms with E-state index in [9.17, 15) is 0 Å². The number of aryl methyl sites for hydroxylation is 2. The molecule has 0 amide bonds. The van der Waals surface area contributed by atoms with E-state index in [-0.39, 0.29) is 0 Å². The van der Waals surface area contributed by atoms with Crippen LogP contribution in [0.15, 0.2) is 24.7 Å². The van der Waals surface area contributed by atoms with E-state index in [0.29, 0.717) is 5.02 Å². The molecule has 2 aromatic heterocycles. The number of nitrogens with two attached hydrogens (primary N) is 1. The number of anilines is 2. The molecule has 0 aromatic carbocycles. The highest BCUT2D eigenvalue weighted by molar-refractivity contribution is 6.30. The summed E-state index contributed by atoms with van der Waals surface area (Å²) >= 11 is 5.88. The molecule has 2 aliphatic rings. The molecule has 1 aliphatic heterocycles. The van der Waals surface area contributed by atoms with E-state index < -0.39 is 0 Å². The highest BCUT2D eigenvalue weighted by Crippen LogP contribution is 2.50. The van der Waals surface area contributed by atoms with Crippen LogP contribution in [0, 0.1) is 24.7 Å². The smallest absolute Gasteiger partial charge is 0.225 e. The van der Waals surface area contributed by atoms with Crippen molar-refractivity contribution < 1.29 is 0 Å². The van der Waals surface area contributed by atoms with Crippen molar-refractivity contribution in [2.24, 2.45) is 17.8 Å². The van der Waals surface area contributed by atoms with Crippen LogP contribution < -0.4 is 10.6 Å². The number of aromatic nitrogens is 3. The fourth-order valence-corrected chi connectivity index (χ4v) is 4.69. The second-order valence-corrected chi connectivity index (χ2v) is 8.55. The Bertz CT molecular complexity index is 771. The Morgan fingerprint density at radius 1 is 1.15 bits per heavy atom. The van der Waals surface area contributed by atoms with Crippen molar-refractivity contribution >= 4 is 23.2 Å². The monoisotopic (exact) mass is 385 g/mol. The first-order valence-corrected chi connectivity index (χ1v) is 10.4. The van der Waals surface area contributed by atoms with E-state index in [1.165, 1.54) is 43.4 Å². The normalized spacial score (nSPS) is 22.8. The molecule has 1 aliphatic carbocycles. The van der Waals surface area contributed by atoms with Gasteiger partial charge in [-0.25, -0.2) is 9.97 Å². The standard InChI is InChI=1S/C21H28ClN5/c1-14-9-18(23)13-24-20(14)4-2-3-16-10-19(16)15-5-7-27(8-6-15)21-25-11-17(22)12-26-21/h9,11-13,15-16,19H,2-8,10,23H2,1H3/t16-,19-/m1/s1. The number of nitrogen functional groups attached to an aromatic ring is 1. The van der Waals surface area contributed by atoms with Crippen LogP contribution in [0.1, 0.15) is 43.4 Å². The lowest BCUT2D eigenvalue weighted by molar-refractivity contribution is 0.340. The number of rotatable bonds is 6. The molecule has 0 unspecified atom stereocenters. The third kappa shape index (κ3) is 4.52. The van der Waals surface area contributed by atoms with Crippen molar-refractivity contribution in [2.45, 2.75) is 45.4 Å². The van der Waals surface area contributed by atoms with Gasteiger partial charge in [-0.3, -0.25) is 4.98 Å². The Labute approximate surface area is 166 Å². The number of piperidine rings is 1. The fourth-order valence-electron chi connectivity index (χ4n) is 4.59. The summed E-state index contributed by atoms with van der Waals surface area (Å²) in [6.07, 6.45) is 12.7. The predicted octanol–water partition coefficient (Wildman–Crippen LogP) is 4.29. The van der Waals surface area contributed by atoms with Gasteiger partial charge in [0.1, 0.15) is 0 Å². The summed E-state index contributed by atoms with van der Waals surface area (Å²) in [6.45, 7) is 4.23. The van der Waals surface area contributed by atoms with Gasteiger partial charge in [-0.15, -0.1) is 0 Å². The molecule has 2 aromatic rings. The van der Waals surface area contributed by atoms with E-state index in [0.717, 1.165) is 48.9 Å². The third-order valence-electron chi connectivity index (χ3n) is 6.21. The number of hydrogen-bond donors (Lipinski definition) is 1. The molecule has 2 atom stereocenters. The van der Waals surface area contributed by atoms with Crippen molar-refractivity contribution in [3.05, 3.63) is 40.9 Å². The Morgan fingerprint density at radius 2 is 1.89 bits per heavy atom. The van der Waals surface area contributed by atoms with Crippen molar-refractivity contribution in [3.8, 4) is 0 Å². The zero-order valence-electron chi connectivity index (χ0n) is 15.9. The van der Waals surface area contributed by atoms with Gasteiger partial charge in [-0.05, 0) is 74.8 Å². The molecule has 4 rings (SSSR count). The van der Waals surface area contributed by atoms with Crippen molar-refractivity contribution in [1.82, 2.24) is 15.0 Å². The molecular weight excluding hydrogens is 358 g/mol. The maximum atomic E-state index is 5.88. The van der Waals surface area contributed by atoms with Crippen LogP contribution in [0.2, 0.25) is 5.02 Å². The van der Waals surface area contributed by atoms with Gasteiger partial charge in [-0.2, -0.15) is 0 Å². The van der Waals surface area contributed by atoms with E-state index in [2.05, 4.69) is 26.8 Å². The van der Waals surface area contributed by atoms with Gasteiger partial charge in [0, 0.05) is 18.8 Å². The summed E-state index contributed by atoms with van der Waals surface area (Å²) in [6, 6.07) is 2.03. The first-order valence-electron chi connectivity index (χ1n) is 10.0. The molecule has 27 heavy (non-hydrogen) atoms. The van der Waals surface area contributed by atoms with Gasteiger partial charge in [0.2, 0.25) is 5.95 Å². The number of nitrogens with zero attached hydrogens (tertiary/aromatic N) is 4. The molecule has 6 heteroatoms. The molecule has 2 N–H and O–H groups in total. The van der Waals surface area contributed by atoms with E-state index in [1.807, 2.05) is 6.07 Å². The second-order valence-electron chi connectivity index (χ2n) is 8.11. The summed E-state index contributed by atoms with van der Waals surface area (Å²) < 4.78 is 0. The maximum absolute atomic E-state index is 5.88. The molecule has 0 radical (unpaired) electrons. The van der Waals surface area contributed by atoms with Crippen molar-refractivity contribution in [2.75, 3.05) is 23.7 Å². The van der Waals surface area contributed by atoms with Crippen LogP contribution in [0.3, 0.4) is 0 Å². The fraction of sp³-hybridized carbons (Fsp3) is 0.571. The van der Waals surface area contributed by atoms with Crippen LogP contribution >= 0.6 is 11.6 Å². The average Bonchev–Trinajstić information content (AvgIpc) is 3.44. The van der Waals surface area contributed by atoms with Crippen molar-refractivity contribution in [3.63, 3.8) is 0 Å². The van der Waals surface area contributed by atoms with E-state index in [4.69, 9.17) is 17.3 Å². The summed E-state index contributed by atoms with van der Waals surface area (Å²) in [5, 5.41) is 0.596. The molecule has 0 bridgehead atoms. The first kappa shape index (κ1) is 18.5. The summed E-state index contributed by atoms with van der Waals surface area (Å²) in [7, 11) is 0. The lowest BCUT2D eigenvalue weighted by Crippen LogP contribution is -2.35. The average molecular weight is 386 g/mol. The highest BCUT2D eigenvalue weighted by atomic mass is 35.5. The zero-order valence-corrected chi connectivity index (χ0v) is 16.7. The minimum atomic E-state index is 0.596. The van der Waals surface area contributed by atoms with Crippen LogP contribution in [-0.2, 0) is 6.42 Å². The molecule has 0 spiro atoms. The molecule has 1 saturated carbocycles. The minimum Gasteiger partial charge on any atom is -0.397 e. The Hall–Kier alpha value is -1.88. The Kier molecular flexibility index (Phi) is 5.48. The second kappa shape index (κ2) is 8.01. The molecular formula is C21H28ClN5. The summed E-state index contributed by atoms with van der Waals surface area (Å²) in [5.74, 6) is 3.53. The lowest BCUT2D eigenvalue weighted by atomic mass is 9.90. The quantitative estimate of drug-likeness (QED) is 0.803. The SMILES string of the molecule is Cc1cc(N)cnc1CCC[C@@H]1C[C@@H]1C1CCN(c2ncc(Cl)cn2)CC1. The topological polar surface area (TPSA) is 67.9 Å². The minimum absolute atomic E-state index is 0.596. The number of pyridine rings is 1. The number of halogens is 1. The largest absolute Gasteiger partial charge is 0.397 e. The molecule has 144 valence electrons. The summed E-state index contributed by atoms with van der Waals surface area (Å²) in [5.41, 5.74) is 8.97. The van der Waals surface area contributed by atoms with E-state index in [1.54, 1.807) is 18.6 Å². The molecule has 3 heterocycles. The molecule has 2 fully saturated rings. The van der Waals surface area contributed by atoms with Gasteiger partial charge < -0.3 is 10.6 Å². The van der Waals surface area contributed by atoms with E-state index >= 15 is 0 Å². The van der Waals surface area contributed by atoms with Gasteiger partial charge in [0.25, 0.3) is 0 Å². The lowest BCUT2D eigenvalue weighted by Gasteiger charge is -2.32. The van der Waals surface area contributed by atoms with Gasteiger partial charge in [0.15, 0.2) is 0 Å². The van der Waals surface area contributed by atoms with Crippen LogP contribution in [-0.4, -0.2) is 28.0 Å². The summed E-state index contributed by atoms with van der Waals surface area (Å²) in [4.78, 5) is 15.5. The Balaban J connectivity index is 1.19. The maximum Gasteiger partial charge on any atom is 0.225 e. The number of hydrogen-bond acceptors (Lipinski definition) is 5. The Morgan fingerprint density at radius 3 is 2.59 bits per heavy atom. The van der Waals surface area contributed by atoms with Crippen LogP contribution in [0.25, 0.3) is 0 Å². The third-order valence-corrected chi connectivity index (χ3v) is 6.40. The van der Waals surface area contributed by atoms with Gasteiger partial charge in [0.05, 0.1) is 29.3 Å². The van der Waals surface area contributed by atoms with Crippen LogP contribution in [0.4, 0.5) is 11.6 Å². The first-order chi connectivity index (χ1) is 13.1. The molecule has 1 saturated heterocycles. The molecule has 5 nitrogen and oxygen atoms in total. The predicted molar refractivity (Wildman–Crippen MR) is 110 cm³/mol. The van der Waals surface area contributed by atoms with Gasteiger partial charge in [-0.1, -0.05) is 11.6 Å². The van der Waals surface area contributed by atoms with Crippen molar-refractivity contribution in [1.29, 1.82) is 0 Å². The zero-order chi connectivity index (χ0) is 18.8. The van der Waals surface area contributed by atoms with Gasteiger partial charge >= 0.3 is 0 Å². The highest BCUT2D eigenvalue weighted by Gasteiger charge is 2.42.